The maximum Gasteiger partial charge on any atom is 0.407 e. The quantitative estimate of drug-likeness (QED) is 0.546. The molecule has 24 heavy (non-hydrogen) atoms. The van der Waals surface area contributed by atoms with E-state index >= 15 is 0 Å². The van der Waals surface area contributed by atoms with E-state index in [1.165, 1.54) is 22.3 Å². The molecule has 8 nitrogen and oxygen atoms in total. The molecule has 3 rings (SSSR count). The van der Waals surface area contributed by atoms with Crippen molar-refractivity contribution in [1.29, 1.82) is 0 Å². The Morgan fingerprint density at radius 1 is 1.42 bits per heavy atom. The van der Waals surface area contributed by atoms with Gasteiger partial charge in [-0.1, -0.05) is 17.4 Å². The van der Waals surface area contributed by atoms with Crippen LogP contribution in [0.25, 0.3) is 10.2 Å². The molecule has 0 saturated heterocycles. The Labute approximate surface area is 143 Å². The summed E-state index contributed by atoms with van der Waals surface area (Å²) in [6.07, 6.45) is -0.643. The first-order chi connectivity index (χ1) is 11.4. The van der Waals surface area contributed by atoms with E-state index in [0.29, 0.717) is 27.5 Å². The van der Waals surface area contributed by atoms with Crippen LogP contribution in [0.2, 0.25) is 0 Å². The number of aromatic hydroxyl groups is 1. The zero-order valence-electron chi connectivity index (χ0n) is 12.4. The van der Waals surface area contributed by atoms with E-state index < -0.39 is 6.09 Å². The van der Waals surface area contributed by atoms with Gasteiger partial charge in [0.2, 0.25) is 0 Å². The highest BCUT2D eigenvalue weighted by Crippen LogP contribution is 2.28. The SMILES string of the molecule is Nc1nc(CN(CCc2ccc(O)c3[nH]c(=O)sc23)C(=O)O)cs1. The normalized spacial score (nSPS) is 11.0. The van der Waals surface area contributed by atoms with Crippen LogP contribution in [0, 0.1) is 0 Å². The van der Waals surface area contributed by atoms with Crippen molar-refractivity contribution in [2.75, 3.05) is 12.3 Å². The molecule has 0 aliphatic rings. The zero-order valence-corrected chi connectivity index (χ0v) is 14.0. The molecule has 0 unspecified atom stereocenters. The second-order valence-electron chi connectivity index (χ2n) is 5.09. The Morgan fingerprint density at radius 3 is 2.88 bits per heavy atom. The molecule has 0 atom stereocenters. The minimum Gasteiger partial charge on any atom is -0.506 e. The summed E-state index contributed by atoms with van der Waals surface area (Å²) in [5, 5.41) is 21.3. The van der Waals surface area contributed by atoms with E-state index in [1.807, 2.05) is 0 Å². The van der Waals surface area contributed by atoms with Crippen LogP contribution in [0.4, 0.5) is 9.93 Å². The fourth-order valence-corrected chi connectivity index (χ4v) is 3.81. The van der Waals surface area contributed by atoms with Gasteiger partial charge < -0.3 is 25.8 Å². The number of anilines is 1. The van der Waals surface area contributed by atoms with Gasteiger partial charge in [-0.2, -0.15) is 0 Å². The number of phenols is 1. The van der Waals surface area contributed by atoms with E-state index in [1.54, 1.807) is 11.4 Å². The number of phenolic OH excluding ortho intramolecular Hbond substituents is 1. The van der Waals surface area contributed by atoms with E-state index in [0.717, 1.165) is 16.9 Å². The van der Waals surface area contributed by atoms with Crippen molar-refractivity contribution < 1.29 is 15.0 Å². The third-order valence-corrected chi connectivity index (χ3v) is 5.16. The minimum atomic E-state index is -1.06. The molecule has 0 spiro atoms. The van der Waals surface area contributed by atoms with Gasteiger partial charge in [-0.25, -0.2) is 9.78 Å². The number of amides is 1. The van der Waals surface area contributed by atoms with Crippen LogP contribution in [0.3, 0.4) is 0 Å². The fraction of sp³-hybridized carbons (Fsp3) is 0.214. The fourth-order valence-electron chi connectivity index (χ4n) is 2.36. The van der Waals surface area contributed by atoms with Crippen molar-refractivity contribution in [3.63, 3.8) is 0 Å². The van der Waals surface area contributed by atoms with E-state index in [9.17, 15) is 19.8 Å². The summed E-state index contributed by atoms with van der Waals surface area (Å²) in [6.45, 7) is 0.381. The number of nitrogens with zero attached hydrogens (tertiary/aromatic N) is 2. The first-order valence-corrected chi connectivity index (χ1v) is 8.65. The van der Waals surface area contributed by atoms with Crippen molar-refractivity contribution in [2.45, 2.75) is 13.0 Å². The molecule has 0 aliphatic heterocycles. The van der Waals surface area contributed by atoms with Crippen molar-refractivity contribution in [1.82, 2.24) is 14.9 Å². The number of thiazole rings is 2. The lowest BCUT2D eigenvalue weighted by Gasteiger charge is -2.18. The average Bonchev–Trinajstić information content (AvgIpc) is 3.11. The molecular formula is C14H14N4O4S2. The van der Waals surface area contributed by atoms with Gasteiger partial charge in [-0.3, -0.25) is 4.79 Å². The average molecular weight is 366 g/mol. The highest BCUT2D eigenvalue weighted by Gasteiger charge is 2.16. The highest BCUT2D eigenvalue weighted by molar-refractivity contribution is 7.16. The number of carboxylic acid groups (broad SMARTS) is 1. The molecule has 126 valence electrons. The lowest BCUT2D eigenvalue weighted by molar-refractivity contribution is 0.142. The Kier molecular flexibility index (Phi) is 4.40. The van der Waals surface area contributed by atoms with Gasteiger partial charge in [0.05, 0.1) is 16.9 Å². The van der Waals surface area contributed by atoms with Gasteiger partial charge in [0.15, 0.2) is 5.13 Å². The number of nitrogen functional groups attached to an aromatic ring is 1. The smallest absolute Gasteiger partial charge is 0.407 e. The van der Waals surface area contributed by atoms with Gasteiger partial charge >= 0.3 is 11.0 Å². The summed E-state index contributed by atoms with van der Waals surface area (Å²) in [7, 11) is 0. The van der Waals surface area contributed by atoms with Crippen LogP contribution < -0.4 is 10.6 Å². The molecule has 0 radical (unpaired) electrons. The Morgan fingerprint density at radius 2 is 2.21 bits per heavy atom. The van der Waals surface area contributed by atoms with Gasteiger partial charge in [0.25, 0.3) is 0 Å². The van der Waals surface area contributed by atoms with Gasteiger partial charge in [-0.05, 0) is 18.1 Å². The van der Waals surface area contributed by atoms with Crippen LogP contribution in [0.15, 0.2) is 22.3 Å². The van der Waals surface area contributed by atoms with E-state index in [2.05, 4.69) is 9.97 Å². The monoisotopic (exact) mass is 366 g/mol. The molecule has 10 heteroatoms. The number of carbonyl (C=O) groups is 1. The van der Waals surface area contributed by atoms with Gasteiger partial charge in [0.1, 0.15) is 11.3 Å². The number of hydrogen-bond donors (Lipinski definition) is 4. The van der Waals surface area contributed by atoms with Crippen molar-refractivity contribution in [3.05, 3.63) is 38.4 Å². The number of H-pyrrole nitrogens is 1. The molecule has 0 saturated carbocycles. The number of nitrogens with two attached hydrogens (primary N) is 1. The van der Waals surface area contributed by atoms with Crippen LogP contribution >= 0.6 is 22.7 Å². The minimum absolute atomic E-state index is 0.000129. The molecule has 3 aromatic rings. The molecule has 0 fully saturated rings. The van der Waals surface area contributed by atoms with Crippen molar-refractivity contribution in [3.8, 4) is 5.75 Å². The second kappa shape index (κ2) is 6.49. The van der Waals surface area contributed by atoms with Crippen LogP contribution in [-0.4, -0.2) is 37.7 Å². The summed E-state index contributed by atoms with van der Waals surface area (Å²) in [4.78, 5) is 30.6. The summed E-state index contributed by atoms with van der Waals surface area (Å²) >= 11 is 2.26. The maximum absolute atomic E-state index is 11.5. The molecule has 0 bridgehead atoms. The van der Waals surface area contributed by atoms with Crippen molar-refractivity contribution in [2.24, 2.45) is 0 Å². The van der Waals surface area contributed by atoms with Crippen LogP contribution in [0.1, 0.15) is 11.3 Å². The van der Waals surface area contributed by atoms with Gasteiger partial charge in [0, 0.05) is 11.9 Å². The Bertz CT molecular complexity index is 946. The Balaban J connectivity index is 1.79. The summed E-state index contributed by atoms with van der Waals surface area (Å²) in [6, 6.07) is 3.19. The number of hydrogen-bond acceptors (Lipinski definition) is 7. The topological polar surface area (TPSA) is 133 Å². The molecule has 5 N–H and O–H groups in total. The number of aromatic nitrogens is 2. The largest absolute Gasteiger partial charge is 0.506 e. The van der Waals surface area contributed by atoms with E-state index in [-0.39, 0.29) is 23.7 Å². The molecular weight excluding hydrogens is 352 g/mol. The Hall–Kier alpha value is -2.59. The molecule has 2 heterocycles. The first-order valence-electron chi connectivity index (χ1n) is 6.95. The number of rotatable bonds is 5. The molecule has 1 amide bonds. The summed E-state index contributed by atoms with van der Waals surface area (Å²) in [5.74, 6) is 0.000129. The maximum atomic E-state index is 11.5. The number of aromatic amines is 1. The first kappa shape index (κ1) is 16.3. The molecule has 1 aromatic carbocycles. The van der Waals surface area contributed by atoms with Crippen LogP contribution in [-0.2, 0) is 13.0 Å². The van der Waals surface area contributed by atoms with Crippen LogP contribution in [0.5, 0.6) is 5.75 Å². The summed E-state index contributed by atoms with van der Waals surface area (Å²) in [5.41, 5.74) is 7.35. The second-order valence-corrected chi connectivity index (χ2v) is 6.97. The lowest BCUT2D eigenvalue weighted by atomic mass is 10.1. The zero-order chi connectivity index (χ0) is 17.3. The molecule has 0 aliphatic carbocycles. The predicted octanol–water partition coefficient (Wildman–Crippen LogP) is 2.06. The third kappa shape index (κ3) is 3.34. The summed E-state index contributed by atoms with van der Waals surface area (Å²) < 4.78 is 0.642. The lowest BCUT2D eigenvalue weighted by Crippen LogP contribution is -2.31. The number of fused-ring (bicyclic) bond motifs is 1. The predicted molar refractivity (Wildman–Crippen MR) is 92.8 cm³/mol. The highest BCUT2D eigenvalue weighted by atomic mass is 32.1. The van der Waals surface area contributed by atoms with Crippen molar-refractivity contribution >= 4 is 44.1 Å². The standard InChI is InChI=1S/C14H14N4O4S2/c15-12-16-8(6-23-12)5-18(14(21)22)4-3-7-1-2-9(19)10-11(7)24-13(20)17-10/h1-2,6,19H,3-5H2,(H2,15,16)(H,17,20)(H,21,22). The van der Waals surface area contributed by atoms with E-state index in [4.69, 9.17) is 5.73 Å². The molecule has 2 aromatic heterocycles. The number of nitrogens with one attached hydrogen (secondary N) is 1. The van der Waals surface area contributed by atoms with Gasteiger partial charge in [-0.15, -0.1) is 11.3 Å². The third-order valence-electron chi connectivity index (χ3n) is 3.48. The number of benzene rings is 1.